The molecule has 0 aliphatic carbocycles. The molecule has 0 fully saturated rings. The van der Waals surface area contributed by atoms with Crippen LogP contribution in [0.4, 0.5) is 13.2 Å². The van der Waals surface area contributed by atoms with E-state index in [-0.39, 0.29) is 36.5 Å². The fraction of sp³-hybridized carbons (Fsp3) is 0.320. The molecule has 0 bridgehead atoms. The number of hydrogen-bond donors (Lipinski definition) is 0. The number of rotatable bonds is 8. The van der Waals surface area contributed by atoms with Crippen molar-refractivity contribution in [3.05, 3.63) is 82.1 Å². The molecule has 0 atom stereocenters. The third-order valence-electron chi connectivity index (χ3n) is 5.69. The van der Waals surface area contributed by atoms with Gasteiger partial charge in [-0.1, -0.05) is 0 Å². The van der Waals surface area contributed by atoms with Crippen molar-refractivity contribution in [1.29, 1.82) is 0 Å². The summed E-state index contributed by atoms with van der Waals surface area (Å²) < 4.78 is 50.7. The highest BCUT2D eigenvalue weighted by Crippen LogP contribution is 2.29. The zero-order valence-electron chi connectivity index (χ0n) is 19.7. The summed E-state index contributed by atoms with van der Waals surface area (Å²) in [5.74, 6) is -1.24. The van der Waals surface area contributed by atoms with Gasteiger partial charge in [-0.05, 0) is 62.7 Å². The fourth-order valence-electron chi connectivity index (χ4n) is 3.90. The maximum absolute atomic E-state index is 13.4. The van der Waals surface area contributed by atoms with Gasteiger partial charge in [0.25, 0.3) is 5.91 Å². The quantitative estimate of drug-likeness (QED) is 0.330. The average Bonchev–Trinajstić information content (AvgIpc) is 3.38. The van der Waals surface area contributed by atoms with E-state index in [1.165, 1.54) is 11.2 Å². The van der Waals surface area contributed by atoms with Crippen molar-refractivity contribution in [2.75, 3.05) is 13.2 Å². The second-order valence-electron chi connectivity index (χ2n) is 7.95. The Morgan fingerprint density at radius 2 is 1.74 bits per heavy atom. The molecule has 0 saturated heterocycles. The molecule has 0 aliphatic heterocycles. The second kappa shape index (κ2) is 10.2. The van der Waals surface area contributed by atoms with Gasteiger partial charge in [0.05, 0.1) is 31.5 Å². The van der Waals surface area contributed by atoms with E-state index in [0.29, 0.717) is 17.0 Å². The Morgan fingerprint density at radius 1 is 1.09 bits per heavy atom. The summed E-state index contributed by atoms with van der Waals surface area (Å²) in [6, 6.07) is 7.02. The lowest BCUT2D eigenvalue weighted by molar-refractivity contribution is -0.137. The minimum atomic E-state index is -4.54. The number of nitrogens with zero attached hydrogens (tertiary/aromatic N) is 2. The SMILES string of the molecule is CCOC(=O)c1c(C)c(C(=O)CN(Cc2ccco2)C(=O)c2ccc(C(F)(F)F)cc2)c(C)n1C. The highest BCUT2D eigenvalue weighted by atomic mass is 19.4. The van der Waals surface area contributed by atoms with Crippen LogP contribution in [0.3, 0.4) is 0 Å². The number of ketones is 1. The Bertz CT molecular complexity index is 1230. The maximum Gasteiger partial charge on any atom is 0.416 e. The number of Topliss-reactive ketones (excluding diaryl/α,β-unsaturated/α-hetero) is 1. The molecule has 2 heterocycles. The third kappa shape index (κ3) is 5.47. The number of aromatic nitrogens is 1. The first-order valence-electron chi connectivity index (χ1n) is 10.8. The van der Waals surface area contributed by atoms with Crippen LogP contribution in [0.15, 0.2) is 47.1 Å². The highest BCUT2D eigenvalue weighted by Gasteiger charge is 2.31. The predicted molar refractivity (Wildman–Crippen MR) is 120 cm³/mol. The topological polar surface area (TPSA) is 81.8 Å². The van der Waals surface area contributed by atoms with Gasteiger partial charge in [0, 0.05) is 23.9 Å². The first kappa shape index (κ1) is 25.8. The number of ether oxygens (including phenoxy) is 1. The summed E-state index contributed by atoms with van der Waals surface area (Å²) in [7, 11) is 1.64. The Labute approximate surface area is 200 Å². The number of carbonyl (C=O) groups excluding carboxylic acids is 3. The van der Waals surface area contributed by atoms with Crippen LogP contribution in [0.25, 0.3) is 0 Å². The molecule has 0 N–H and O–H groups in total. The van der Waals surface area contributed by atoms with Crippen LogP contribution < -0.4 is 0 Å². The third-order valence-corrected chi connectivity index (χ3v) is 5.69. The van der Waals surface area contributed by atoms with Crippen LogP contribution in [0.5, 0.6) is 0 Å². The second-order valence-corrected chi connectivity index (χ2v) is 7.95. The van der Waals surface area contributed by atoms with E-state index >= 15 is 0 Å². The van der Waals surface area contributed by atoms with E-state index in [9.17, 15) is 27.6 Å². The molecular weight excluding hydrogens is 465 g/mol. The van der Waals surface area contributed by atoms with Crippen LogP contribution in [-0.2, 0) is 24.5 Å². The van der Waals surface area contributed by atoms with E-state index in [1.54, 1.807) is 44.5 Å². The standard InChI is InChI=1S/C25H25F3N2O5/c1-5-34-24(33)22-15(2)21(16(3)29(22)4)20(31)14-30(13-19-7-6-12-35-19)23(32)17-8-10-18(11-9-17)25(26,27)28/h6-12H,5,13-14H2,1-4H3. The van der Waals surface area contributed by atoms with Gasteiger partial charge in [0.1, 0.15) is 11.5 Å². The van der Waals surface area contributed by atoms with Crippen molar-refractivity contribution >= 4 is 17.7 Å². The molecule has 0 radical (unpaired) electrons. The monoisotopic (exact) mass is 490 g/mol. The normalized spacial score (nSPS) is 11.4. The summed E-state index contributed by atoms with van der Waals surface area (Å²) >= 11 is 0. The van der Waals surface area contributed by atoms with E-state index in [1.807, 2.05) is 0 Å². The van der Waals surface area contributed by atoms with E-state index in [0.717, 1.165) is 24.3 Å². The summed E-state index contributed by atoms with van der Waals surface area (Å²) in [6.07, 6.45) is -3.13. The number of halogens is 3. The van der Waals surface area contributed by atoms with E-state index in [4.69, 9.17) is 9.15 Å². The van der Waals surface area contributed by atoms with Gasteiger partial charge in [-0.2, -0.15) is 13.2 Å². The Hall–Kier alpha value is -3.82. The van der Waals surface area contributed by atoms with Crippen LogP contribution in [0.2, 0.25) is 0 Å². The van der Waals surface area contributed by atoms with Gasteiger partial charge in [0.15, 0.2) is 5.78 Å². The molecule has 2 aromatic heterocycles. The van der Waals surface area contributed by atoms with Crippen molar-refractivity contribution in [2.24, 2.45) is 7.05 Å². The maximum atomic E-state index is 13.4. The number of amides is 1. The van der Waals surface area contributed by atoms with Gasteiger partial charge in [-0.25, -0.2) is 4.79 Å². The summed E-state index contributed by atoms with van der Waals surface area (Å²) in [5, 5.41) is 0. The Morgan fingerprint density at radius 3 is 2.29 bits per heavy atom. The highest BCUT2D eigenvalue weighted by molar-refractivity contribution is 6.06. The molecule has 0 unspecified atom stereocenters. The van der Waals surface area contributed by atoms with Crippen molar-refractivity contribution in [3.8, 4) is 0 Å². The van der Waals surface area contributed by atoms with Gasteiger partial charge >= 0.3 is 12.1 Å². The molecule has 0 saturated carbocycles. The zero-order chi connectivity index (χ0) is 25.9. The molecule has 3 aromatic rings. The van der Waals surface area contributed by atoms with Crippen molar-refractivity contribution in [1.82, 2.24) is 9.47 Å². The van der Waals surface area contributed by atoms with Crippen LogP contribution in [0, 0.1) is 13.8 Å². The Kier molecular flexibility index (Phi) is 7.52. The molecule has 1 aromatic carbocycles. The molecule has 3 rings (SSSR count). The van der Waals surface area contributed by atoms with Crippen LogP contribution >= 0.6 is 0 Å². The number of hydrogen-bond acceptors (Lipinski definition) is 5. The molecule has 10 heteroatoms. The van der Waals surface area contributed by atoms with Crippen LogP contribution in [0.1, 0.15) is 60.7 Å². The van der Waals surface area contributed by atoms with Crippen LogP contribution in [-0.4, -0.2) is 40.3 Å². The van der Waals surface area contributed by atoms with Gasteiger partial charge < -0.3 is 18.6 Å². The predicted octanol–water partition coefficient (Wildman–Crippen LogP) is 4.96. The summed E-state index contributed by atoms with van der Waals surface area (Å²) in [6.45, 7) is 4.69. The van der Waals surface area contributed by atoms with Gasteiger partial charge in [-0.15, -0.1) is 0 Å². The number of furan rings is 1. The largest absolute Gasteiger partial charge is 0.467 e. The molecule has 7 nitrogen and oxygen atoms in total. The number of benzene rings is 1. The molecule has 1 amide bonds. The molecule has 35 heavy (non-hydrogen) atoms. The Balaban J connectivity index is 1.93. The van der Waals surface area contributed by atoms with E-state index < -0.39 is 29.4 Å². The van der Waals surface area contributed by atoms with Crippen molar-refractivity contribution in [3.63, 3.8) is 0 Å². The van der Waals surface area contributed by atoms with E-state index in [2.05, 4.69) is 0 Å². The van der Waals surface area contributed by atoms with Crippen molar-refractivity contribution in [2.45, 2.75) is 33.5 Å². The summed E-state index contributed by atoms with van der Waals surface area (Å²) in [5.41, 5.74) is 0.569. The first-order chi connectivity index (χ1) is 16.5. The minimum absolute atomic E-state index is 0.00826. The number of carbonyl (C=O) groups is 3. The number of alkyl halides is 3. The number of esters is 1. The lowest BCUT2D eigenvalue weighted by Crippen LogP contribution is -2.35. The summed E-state index contributed by atoms with van der Waals surface area (Å²) in [4.78, 5) is 40.1. The minimum Gasteiger partial charge on any atom is -0.467 e. The molecule has 0 spiro atoms. The smallest absolute Gasteiger partial charge is 0.416 e. The fourth-order valence-corrected chi connectivity index (χ4v) is 3.90. The van der Waals surface area contributed by atoms with Gasteiger partial charge in [-0.3, -0.25) is 9.59 Å². The molecule has 186 valence electrons. The zero-order valence-corrected chi connectivity index (χ0v) is 19.7. The lowest BCUT2D eigenvalue weighted by atomic mass is 10.0. The average molecular weight is 490 g/mol. The molecular formula is C25H25F3N2O5. The van der Waals surface area contributed by atoms with Gasteiger partial charge in [0.2, 0.25) is 0 Å². The molecule has 0 aliphatic rings. The van der Waals surface area contributed by atoms with Crippen molar-refractivity contribution < 1.29 is 36.7 Å². The first-order valence-corrected chi connectivity index (χ1v) is 10.8. The lowest BCUT2D eigenvalue weighted by Gasteiger charge is -2.21.